The van der Waals surface area contributed by atoms with Gasteiger partial charge in [-0.2, -0.15) is 5.26 Å². The van der Waals surface area contributed by atoms with Gasteiger partial charge in [0.1, 0.15) is 6.04 Å². The Bertz CT molecular complexity index is 492. The lowest BCUT2D eigenvalue weighted by Crippen LogP contribution is -2.55. The van der Waals surface area contributed by atoms with E-state index in [9.17, 15) is 4.79 Å². The molecule has 18 heavy (non-hydrogen) atoms. The van der Waals surface area contributed by atoms with Gasteiger partial charge in [-0.05, 0) is 24.6 Å². The maximum absolute atomic E-state index is 12.1. The fraction of sp³-hybridized carbons (Fsp3) is 0.429. The number of carbonyl (C=O) groups excluding carboxylic acids is 1. The van der Waals surface area contributed by atoms with Crippen molar-refractivity contribution in [3.63, 3.8) is 0 Å². The van der Waals surface area contributed by atoms with Gasteiger partial charge in [0.25, 0.3) is 0 Å². The smallest absolute Gasteiger partial charge is 0.246 e. The molecular weight excluding hydrogens is 226 g/mol. The number of anilines is 1. The van der Waals surface area contributed by atoms with Gasteiger partial charge < -0.3 is 9.80 Å². The van der Waals surface area contributed by atoms with Gasteiger partial charge in [-0.1, -0.05) is 12.1 Å². The molecule has 1 saturated heterocycles. The zero-order valence-corrected chi connectivity index (χ0v) is 10.8. The predicted octanol–water partition coefficient (Wildman–Crippen LogP) is 1.56. The summed E-state index contributed by atoms with van der Waals surface area (Å²) in [6.07, 6.45) is 0.233. The minimum Gasteiger partial charge on any atom is -0.357 e. The van der Waals surface area contributed by atoms with E-state index in [0.29, 0.717) is 6.54 Å². The molecule has 1 heterocycles. The summed E-state index contributed by atoms with van der Waals surface area (Å²) < 4.78 is 0. The Balaban J connectivity index is 2.30. The second kappa shape index (κ2) is 5.09. The molecule has 4 nitrogen and oxygen atoms in total. The number of piperazine rings is 1. The van der Waals surface area contributed by atoms with E-state index in [1.54, 1.807) is 11.9 Å². The highest BCUT2D eigenvalue weighted by molar-refractivity contribution is 5.86. The van der Waals surface area contributed by atoms with E-state index >= 15 is 0 Å². The van der Waals surface area contributed by atoms with E-state index in [0.717, 1.165) is 17.8 Å². The van der Waals surface area contributed by atoms with E-state index in [4.69, 9.17) is 5.26 Å². The molecule has 0 saturated carbocycles. The van der Waals surface area contributed by atoms with Crippen LogP contribution in [0.4, 0.5) is 5.69 Å². The normalized spacial score (nSPS) is 19.8. The van der Waals surface area contributed by atoms with Crippen molar-refractivity contribution >= 4 is 11.6 Å². The highest BCUT2D eigenvalue weighted by Crippen LogP contribution is 2.23. The van der Waals surface area contributed by atoms with Gasteiger partial charge in [-0.15, -0.1) is 0 Å². The Morgan fingerprint density at radius 1 is 1.44 bits per heavy atom. The number of amides is 1. The van der Waals surface area contributed by atoms with Crippen LogP contribution in [0.2, 0.25) is 0 Å². The van der Waals surface area contributed by atoms with Gasteiger partial charge in [0.2, 0.25) is 5.91 Å². The summed E-state index contributed by atoms with van der Waals surface area (Å²) in [6.45, 7) is 3.51. The largest absolute Gasteiger partial charge is 0.357 e. The second-order valence-corrected chi connectivity index (χ2v) is 4.67. The predicted molar refractivity (Wildman–Crippen MR) is 70.2 cm³/mol. The van der Waals surface area contributed by atoms with Gasteiger partial charge in [0.15, 0.2) is 0 Å². The number of hydrogen-bond acceptors (Lipinski definition) is 3. The highest BCUT2D eigenvalue weighted by atomic mass is 16.2. The van der Waals surface area contributed by atoms with Crippen LogP contribution in [0.3, 0.4) is 0 Å². The third kappa shape index (κ3) is 2.30. The van der Waals surface area contributed by atoms with Crippen LogP contribution in [-0.4, -0.2) is 37.0 Å². The van der Waals surface area contributed by atoms with Gasteiger partial charge in [0.05, 0.1) is 12.5 Å². The van der Waals surface area contributed by atoms with E-state index in [-0.39, 0.29) is 18.4 Å². The maximum Gasteiger partial charge on any atom is 0.246 e. The molecule has 1 aromatic carbocycles. The van der Waals surface area contributed by atoms with Crippen molar-refractivity contribution in [1.82, 2.24) is 4.90 Å². The van der Waals surface area contributed by atoms with Gasteiger partial charge in [-0.3, -0.25) is 4.79 Å². The zero-order valence-electron chi connectivity index (χ0n) is 10.8. The first-order chi connectivity index (χ1) is 8.63. The number of aryl methyl sites for hydroxylation is 1. The molecule has 1 atom stereocenters. The number of carbonyl (C=O) groups is 1. The van der Waals surface area contributed by atoms with Crippen LogP contribution < -0.4 is 4.90 Å². The van der Waals surface area contributed by atoms with Crippen molar-refractivity contribution in [3.05, 3.63) is 29.8 Å². The Labute approximate surface area is 107 Å². The Hall–Kier alpha value is -2.02. The number of nitriles is 1. The standard InChI is InChI=1S/C14H17N3O/c1-11-4-3-5-12(10-11)17-9-8-16(2)14(18)13(17)6-7-15/h3-5,10,13H,6,8-9H2,1-2H3. The van der Waals surface area contributed by atoms with Crippen molar-refractivity contribution in [1.29, 1.82) is 5.26 Å². The molecule has 0 N–H and O–H groups in total. The molecule has 0 spiro atoms. The van der Waals surface area contributed by atoms with Gasteiger partial charge >= 0.3 is 0 Å². The molecule has 1 amide bonds. The molecular formula is C14H17N3O. The van der Waals surface area contributed by atoms with Gasteiger partial charge in [0, 0.05) is 25.8 Å². The fourth-order valence-electron chi connectivity index (χ4n) is 2.31. The lowest BCUT2D eigenvalue weighted by Gasteiger charge is -2.39. The van der Waals surface area contributed by atoms with Crippen molar-refractivity contribution < 1.29 is 4.79 Å². The average molecular weight is 243 g/mol. The second-order valence-electron chi connectivity index (χ2n) is 4.67. The van der Waals surface area contributed by atoms with Crippen molar-refractivity contribution in [2.45, 2.75) is 19.4 Å². The van der Waals surface area contributed by atoms with Crippen molar-refractivity contribution in [2.75, 3.05) is 25.0 Å². The molecule has 0 bridgehead atoms. The first kappa shape index (κ1) is 12.4. The lowest BCUT2D eigenvalue weighted by atomic mass is 10.1. The molecule has 1 fully saturated rings. The number of rotatable bonds is 2. The summed E-state index contributed by atoms with van der Waals surface area (Å²) >= 11 is 0. The SMILES string of the molecule is Cc1cccc(N2CCN(C)C(=O)C2CC#N)c1. The number of benzene rings is 1. The third-order valence-corrected chi connectivity index (χ3v) is 3.33. The molecule has 94 valence electrons. The third-order valence-electron chi connectivity index (χ3n) is 3.33. The van der Waals surface area contributed by atoms with Crippen LogP contribution in [0.1, 0.15) is 12.0 Å². The average Bonchev–Trinajstić information content (AvgIpc) is 2.35. The summed E-state index contributed by atoms with van der Waals surface area (Å²) in [5.41, 5.74) is 2.19. The van der Waals surface area contributed by atoms with Crippen LogP contribution in [-0.2, 0) is 4.79 Å². The highest BCUT2D eigenvalue weighted by Gasteiger charge is 2.32. The van der Waals surface area contributed by atoms with E-state index < -0.39 is 0 Å². The molecule has 0 aromatic heterocycles. The first-order valence-electron chi connectivity index (χ1n) is 6.08. The van der Waals surface area contributed by atoms with E-state index in [1.807, 2.05) is 30.0 Å². The summed E-state index contributed by atoms with van der Waals surface area (Å²) in [5.74, 6) is 0.0318. The molecule has 4 heteroatoms. The number of hydrogen-bond donors (Lipinski definition) is 0. The van der Waals surface area contributed by atoms with Crippen LogP contribution >= 0.6 is 0 Å². The molecule has 1 aliphatic heterocycles. The molecule has 1 aromatic rings. The van der Waals surface area contributed by atoms with Crippen LogP contribution in [0.5, 0.6) is 0 Å². The number of nitrogens with zero attached hydrogens (tertiary/aromatic N) is 3. The van der Waals surface area contributed by atoms with Crippen molar-refractivity contribution in [3.8, 4) is 6.07 Å². The zero-order chi connectivity index (χ0) is 13.1. The quantitative estimate of drug-likeness (QED) is 0.792. The fourth-order valence-corrected chi connectivity index (χ4v) is 2.31. The topological polar surface area (TPSA) is 47.3 Å². The molecule has 2 rings (SSSR count). The summed E-state index contributed by atoms with van der Waals surface area (Å²) in [4.78, 5) is 15.9. The van der Waals surface area contributed by atoms with E-state index in [2.05, 4.69) is 12.1 Å². The van der Waals surface area contributed by atoms with Crippen molar-refractivity contribution in [2.24, 2.45) is 0 Å². The van der Waals surface area contributed by atoms with Gasteiger partial charge in [-0.25, -0.2) is 0 Å². The minimum atomic E-state index is -0.351. The lowest BCUT2D eigenvalue weighted by molar-refractivity contribution is -0.132. The molecule has 1 aliphatic rings. The monoisotopic (exact) mass is 243 g/mol. The maximum atomic E-state index is 12.1. The summed E-state index contributed by atoms with van der Waals surface area (Å²) in [6, 6.07) is 9.83. The van der Waals surface area contributed by atoms with Crippen LogP contribution in [0.25, 0.3) is 0 Å². The molecule has 0 radical (unpaired) electrons. The molecule has 0 aliphatic carbocycles. The summed E-state index contributed by atoms with van der Waals surface area (Å²) in [5, 5.41) is 8.89. The first-order valence-corrected chi connectivity index (χ1v) is 6.08. The van der Waals surface area contributed by atoms with Crippen LogP contribution in [0.15, 0.2) is 24.3 Å². The summed E-state index contributed by atoms with van der Waals surface area (Å²) in [7, 11) is 1.79. The number of likely N-dealkylation sites (N-methyl/N-ethyl adjacent to an activating group) is 1. The Morgan fingerprint density at radius 3 is 2.89 bits per heavy atom. The Kier molecular flexibility index (Phi) is 3.52. The molecule has 1 unspecified atom stereocenters. The van der Waals surface area contributed by atoms with E-state index in [1.165, 1.54) is 0 Å². The minimum absolute atomic E-state index is 0.0318. The Morgan fingerprint density at radius 2 is 2.22 bits per heavy atom. The van der Waals surface area contributed by atoms with Crippen LogP contribution in [0, 0.1) is 18.3 Å².